The highest BCUT2D eigenvalue weighted by atomic mass is 14.4. The molecule has 1 aliphatic carbocycles. The monoisotopic (exact) mass is 165 g/mol. The summed E-state index contributed by atoms with van der Waals surface area (Å²) in [4.78, 5) is 0. The lowest BCUT2D eigenvalue weighted by molar-refractivity contribution is 0.164. The van der Waals surface area contributed by atoms with E-state index < -0.39 is 0 Å². The standard InChI is InChI=1S/C11H19N/c1-11(2,3)10-6-4-9(8-12)5-7-10/h9-10H,4-7H2,1-3H3/t9-,10-. The number of rotatable bonds is 0. The van der Waals surface area contributed by atoms with E-state index in [9.17, 15) is 0 Å². The highest BCUT2D eigenvalue weighted by molar-refractivity contribution is 4.89. The van der Waals surface area contributed by atoms with Crippen LogP contribution in [0.4, 0.5) is 0 Å². The summed E-state index contributed by atoms with van der Waals surface area (Å²) in [5.41, 5.74) is 0.445. The fourth-order valence-corrected chi connectivity index (χ4v) is 2.09. The maximum absolute atomic E-state index is 8.73. The molecule has 0 atom stereocenters. The number of nitriles is 1. The fraction of sp³-hybridized carbons (Fsp3) is 0.909. The van der Waals surface area contributed by atoms with E-state index in [1.807, 2.05) is 0 Å². The molecule has 12 heavy (non-hydrogen) atoms. The first kappa shape index (κ1) is 9.58. The van der Waals surface area contributed by atoms with Gasteiger partial charge < -0.3 is 0 Å². The minimum atomic E-state index is 0.351. The summed E-state index contributed by atoms with van der Waals surface area (Å²) in [6.45, 7) is 6.93. The predicted molar refractivity (Wildman–Crippen MR) is 50.5 cm³/mol. The Morgan fingerprint density at radius 3 is 1.92 bits per heavy atom. The van der Waals surface area contributed by atoms with Crippen LogP contribution in [0.2, 0.25) is 0 Å². The molecule has 0 aromatic rings. The normalized spacial score (nSPS) is 31.2. The second-order valence-corrected chi connectivity index (χ2v) is 5.04. The van der Waals surface area contributed by atoms with Crippen molar-refractivity contribution in [2.75, 3.05) is 0 Å². The molecule has 0 aliphatic heterocycles. The molecule has 0 aromatic heterocycles. The van der Waals surface area contributed by atoms with Gasteiger partial charge in [0.25, 0.3) is 0 Å². The van der Waals surface area contributed by atoms with E-state index in [1.165, 1.54) is 12.8 Å². The van der Waals surface area contributed by atoms with Gasteiger partial charge in [-0.1, -0.05) is 20.8 Å². The zero-order chi connectivity index (χ0) is 9.19. The zero-order valence-corrected chi connectivity index (χ0v) is 8.43. The van der Waals surface area contributed by atoms with Crippen LogP contribution in [0.25, 0.3) is 0 Å². The van der Waals surface area contributed by atoms with Crippen LogP contribution in [0.1, 0.15) is 46.5 Å². The van der Waals surface area contributed by atoms with Crippen molar-refractivity contribution >= 4 is 0 Å². The zero-order valence-electron chi connectivity index (χ0n) is 8.43. The van der Waals surface area contributed by atoms with Crippen LogP contribution in [0.15, 0.2) is 0 Å². The van der Waals surface area contributed by atoms with Gasteiger partial charge in [0, 0.05) is 5.92 Å². The molecule has 0 N–H and O–H groups in total. The highest BCUT2D eigenvalue weighted by Gasteiger charge is 2.29. The Hall–Kier alpha value is -0.510. The molecule has 0 heterocycles. The highest BCUT2D eigenvalue weighted by Crippen LogP contribution is 2.39. The van der Waals surface area contributed by atoms with E-state index >= 15 is 0 Å². The lowest BCUT2D eigenvalue weighted by Gasteiger charge is -2.35. The maximum atomic E-state index is 8.73. The molecule has 0 saturated heterocycles. The quantitative estimate of drug-likeness (QED) is 0.540. The third-order valence-corrected chi connectivity index (χ3v) is 3.13. The first-order valence-electron chi connectivity index (χ1n) is 4.93. The van der Waals surface area contributed by atoms with E-state index in [-0.39, 0.29) is 0 Å². The average molecular weight is 165 g/mol. The lowest BCUT2D eigenvalue weighted by Crippen LogP contribution is -2.25. The van der Waals surface area contributed by atoms with Crippen molar-refractivity contribution in [2.45, 2.75) is 46.5 Å². The molecule has 1 saturated carbocycles. The lowest BCUT2D eigenvalue weighted by atomic mass is 9.70. The SMILES string of the molecule is CC(C)(C)[C@H]1CC[C@H](C#N)CC1. The summed E-state index contributed by atoms with van der Waals surface area (Å²) in [5, 5.41) is 8.73. The van der Waals surface area contributed by atoms with Crippen LogP contribution >= 0.6 is 0 Å². The summed E-state index contributed by atoms with van der Waals surface area (Å²) < 4.78 is 0. The van der Waals surface area contributed by atoms with Crippen molar-refractivity contribution in [1.82, 2.24) is 0 Å². The van der Waals surface area contributed by atoms with Gasteiger partial charge in [0.15, 0.2) is 0 Å². The smallest absolute Gasteiger partial charge is 0.0655 e. The molecular formula is C11H19N. The summed E-state index contributed by atoms with van der Waals surface area (Å²) in [5.74, 6) is 1.19. The van der Waals surface area contributed by atoms with Crippen molar-refractivity contribution in [3.05, 3.63) is 0 Å². The van der Waals surface area contributed by atoms with Crippen LogP contribution < -0.4 is 0 Å². The third-order valence-electron chi connectivity index (χ3n) is 3.13. The molecule has 68 valence electrons. The van der Waals surface area contributed by atoms with Crippen molar-refractivity contribution in [3.8, 4) is 6.07 Å². The largest absolute Gasteiger partial charge is 0.198 e. The Balaban J connectivity index is 2.42. The molecule has 0 amide bonds. The van der Waals surface area contributed by atoms with E-state index in [0.717, 1.165) is 18.8 Å². The van der Waals surface area contributed by atoms with Gasteiger partial charge >= 0.3 is 0 Å². The Morgan fingerprint density at radius 2 is 1.58 bits per heavy atom. The second kappa shape index (κ2) is 3.47. The first-order chi connectivity index (χ1) is 5.54. The molecule has 0 aromatic carbocycles. The summed E-state index contributed by atoms with van der Waals surface area (Å²) in [7, 11) is 0. The summed E-state index contributed by atoms with van der Waals surface area (Å²) in [6.07, 6.45) is 4.75. The number of hydrogen-bond donors (Lipinski definition) is 0. The fourth-order valence-electron chi connectivity index (χ4n) is 2.09. The molecule has 0 bridgehead atoms. The Bertz CT molecular complexity index is 174. The Kier molecular flexibility index (Phi) is 2.77. The van der Waals surface area contributed by atoms with Gasteiger partial charge in [-0.05, 0) is 37.0 Å². The van der Waals surface area contributed by atoms with Crippen LogP contribution in [-0.2, 0) is 0 Å². The van der Waals surface area contributed by atoms with Gasteiger partial charge in [0.1, 0.15) is 0 Å². The van der Waals surface area contributed by atoms with Gasteiger partial charge in [-0.3, -0.25) is 0 Å². The average Bonchev–Trinajstić information content (AvgIpc) is 2.03. The van der Waals surface area contributed by atoms with Crippen LogP contribution in [0.5, 0.6) is 0 Å². The molecule has 1 aliphatic rings. The minimum absolute atomic E-state index is 0.351. The van der Waals surface area contributed by atoms with Gasteiger partial charge in [0.2, 0.25) is 0 Å². The molecule has 1 rings (SSSR count). The van der Waals surface area contributed by atoms with Gasteiger partial charge in [0.05, 0.1) is 6.07 Å². The predicted octanol–water partition coefficient (Wildman–Crippen LogP) is 3.36. The molecule has 1 heteroatoms. The van der Waals surface area contributed by atoms with Crippen molar-refractivity contribution in [3.63, 3.8) is 0 Å². The topological polar surface area (TPSA) is 23.8 Å². The molecule has 1 fully saturated rings. The van der Waals surface area contributed by atoms with Crippen molar-refractivity contribution < 1.29 is 0 Å². The second-order valence-electron chi connectivity index (χ2n) is 5.04. The van der Waals surface area contributed by atoms with E-state index in [1.54, 1.807) is 0 Å². The Labute approximate surface area is 75.8 Å². The third kappa shape index (κ3) is 2.24. The van der Waals surface area contributed by atoms with E-state index in [4.69, 9.17) is 5.26 Å². The minimum Gasteiger partial charge on any atom is -0.198 e. The maximum Gasteiger partial charge on any atom is 0.0655 e. The van der Waals surface area contributed by atoms with E-state index in [2.05, 4.69) is 26.8 Å². The van der Waals surface area contributed by atoms with Crippen LogP contribution in [0.3, 0.4) is 0 Å². The summed E-state index contributed by atoms with van der Waals surface area (Å²) >= 11 is 0. The molecule has 0 unspecified atom stereocenters. The first-order valence-corrected chi connectivity index (χ1v) is 4.93. The molecule has 0 spiro atoms. The van der Waals surface area contributed by atoms with Crippen molar-refractivity contribution in [1.29, 1.82) is 5.26 Å². The molecule has 0 radical (unpaired) electrons. The number of hydrogen-bond acceptors (Lipinski definition) is 1. The van der Waals surface area contributed by atoms with E-state index in [0.29, 0.717) is 11.3 Å². The van der Waals surface area contributed by atoms with Gasteiger partial charge in [-0.25, -0.2) is 0 Å². The van der Waals surface area contributed by atoms with Crippen LogP contribution in [-0.4, -0.2) is 0 Å². The van der Waals surface area contributed by atoms with Gasteiger partial charge in [-0.2, -0.15) is 5.26 Å². The Morgan fingerprint density at radius 1 is 1.08 bits per heavy atom. The van der Waals surface area contributed by atoms with Crippen LogP contribution in [0, 0.1) is 28.6 Å². The number of nitrogens with zero attached hydrogens (tertiary/aromatic N) is 1. The van der Waals surface area contributed by atoms with Gasteiger partial charge in [-0.15, -0.1) is 0 Å². The summed E-state index contributed by atoms with van der Waals surface area (Å²) in [6, 6.07) is 2.38. The molecule has 1 nitrogen and oxygen atoms in total. The molecular weight excluding hydrogens is 146 g/mol. The van der Waals surface area contributed by atoms with Crippen molar-refractivity contribution in [2.24, 2.45) is 17.3 Å².